The first kappa shape index (κ1) is 14.1. The maximum atomic E-state index is 13.5. The van der Waals surface area contributed by atoms with Gasteiger partial charge in [-0.05, 0) is 29.3 Å². The van der Waals surface area contributed by atoms with Gasteiger partial charge in [0, 0.05) is 18.0 Å². The molecule has 21 heavy (non-hydrogen) atoms. The van der Waals surface area contributed by atoms with Crippen LogP contribution in [-0.2, 0) is 17.9 Å². The number of amides is 1. The number of rotatable bonds is 3. The summed E-state index contributed by atoms with van der Waals surface area (Å²) in [4.78, 5) is 14.1. The van der Waals surface area contributed by atoms with Crippen molar-refractivity contribution < 1.29 is 13.6 Å². The summed E-state index contributed by atoms with van der Waals surface area (Å²) >= 11 is 1.03. The van der Waals surface area contributed by atoms with E-state index in [2.05, 4.69) is 0 Å². The molecule has 0 N–H and O–H groups in total. The van der Waals surface area contributed by atoms with Crippen molar-refractivity contribution in [3.8, 4) is 0 Å². The summed E-state index contributed by atoms with van der Waals surface area (Å²) in [6, 6.07) is 11.2. The summed E-state index contributed by atoms with van der Waals surface area (Å²) < 4.78 is 26.6. The van der Waals surface area contributed by atoms with Gasteiger partial charge in [0.1, 0.15) is 11.6 Å². The van der Waals surface area contributed by atoms with Crippen LogP contribution in [0.25, 0.3) is 0 Å². The van der Waals surface area contributed by atoms with Gasteiger partial charge in [0.2, 0.25) is 5.91 Å². The number of hydrogen-bond acceptors (Lipinski definition) is 2. The number of halogens is 2. The van der Waals surface area contributed by atoms with Gasteiger partial charge < -0.3 is 4.90 Å². The van der Waals surface area contributed by atoms with E-state index in [9.17, 15) is 13.6 Å². The molecule has 2 aromatic carbocycles. The van der Waals surface area contributed by atoms with Crippen molar-refractivity contribution in [2.24, 2.45) is 0 Å². The first-order valence-corrected chi connectivity index (χ1v) is 7.54. The molecule has 3 rings (SSSR count). The average Bonchev–Trinajstić information content (AvgIpc) is 2.92. The predicted molar refractivity (Wildman–Crippen MR) is 77.8 cm³/mol. The van der Waals surface area contributed by atoms with Crippen LogP contribution in [0.4, 0.5) is 8.78 Å². The SMILES string of the molecule is O=C(CSc1cc(F)ccc1F)N1Cc2ccccc2C1. The smallest absolute Gasteiger partial charge is 0.233 e. The number of fused-ring (bicyclic) bond motifs is 1. The van der Waals surface area contributed by atoms with Gasteiger partial charge in [0.15, 0.2) is 0 Å². The van der Waals surface area contributed by atoms with Crippen LogP contribution in [-0.4, -0.2) is 16.6 Å². The van der Waals surface area contributed by atoms with E-state index < -0.39 is 11.6 Å². The number of benzene rings is 2. The first-order valence-electron chi connectivity index (χ1n) is 6.56. The van der Waals surface area contributed by atoms with E-state index in [4.69, 9.17) is 0 Å². The Kier molecular flexibility index (Phi) is 3.92. The van der Waals surface area contributed by atoms with Gasteiger partial charge in [-0.3, -0.25) is 4.79 Å². The van der Waals surface area contributed by atoms with E-state index in [1.54, 1.807) is 4.90 Å². The van der Waals surface area contributed by atoms with Crippen LogP contribution in [0.2, 0.25) is 0 Å². The van der Waals surface area contributed by atoms with Gasteiger partial charge in [-0.25, -0.2) is 8.78 Å². The molecular formula is C16H13F2NOS. The molecule has 5 heteroatoms. The second-order valence-corrected chi connectivity index (χ2v) is 5.90. The van der Waals surface area contributed by atoms with E-state index in [-0.39, 0.29) is 16.6 Å². The van der Waals surface area contributed by atoms with Crippen LogP contribution in [0.3, 0.4) is 0 Å². The summed E-state index contributed by atoms with van der Waals surface area (Å²) in [6.07, 6.45) is 0. The summed E-state index contributed by atoms with van der Waals surface area (Å²) in [5.74, 6) is -0.965. The van der Waals surface area contributed by atoms with Crippen molar-refractivity contribution in [2.45, 2.75) is 18.0 Å². The highest BCUT2D eigenvalue weighted by atomic mass is 32.2. The van der Waals surface area contributed by atoms with Crippen LogP contribution < -0.4 is 0 Å². The van der Waals surface area contributed by atoms with Crippen molar-refractivity contribution in [2.75, 3.05) is 5.75 Å². The van der Waals surface area contributed by atoms with Gasteiger partial charge in [0.05, 0.1) is 5.75 Å². The Morgan fingerprint density at radius 2 is 1.76 bits per heavy atom. The molecule has 0 spiro atoms. The van der Waals surface area contributed by atoms with E-state index in [1.165, 1.54) is 0 Å². The van der Waals surface area contributed by atoms with Crippen molar-refractivity contribution in [1.29, 1.82) is 0 Å². The standard InChI is InChI=1S/C16H13F2NOS/c17-13-5-6-14(18)15(7-13)21-10-16(20)19-8-11-3-1-2-4-12(11)9-19/h1-7H,8-10H2. The van der Waals surface area contributed by atoms with Crippen molar-refractivity contribution in [3.63, 3.8) is 0 Å². The Morgan fingerprint density at radius 3 is 2.43 bits per heavy atom. The zero-order valence-electron chi connectivity index (χ0n) is 11.2. The van der Waals surface area contributed by atoms with Crippen LogP contribution in [0.15, 0.2) is 47.4 Å². The largest absolute Gasteiger partial charge is 0.333 e. The third-order valence-electron chi connectivity index (χ3n) is 3.44. The fraction of sp³-hybridized carbons (Fsp3) is 0.188. The fourth-order valence-electron chi connectivity index (χ4n) is 2.33. The molecule has 0 atom stereocenters. The Bertz CT molecular complexity index is 665. The second-order valence-electron chi connectivity index (χ2n) is 4.88. The fourth-order valence-corrected chi connectivity index (χ4v) is 3.19. The minimum Gasteiger partial charge on any atom is -0.333 e. The van der Waals surface area contributed by atoms with Gasteiger partial charge in [-0.1, -0.05) is 24.3 Å². The van der Waals surface area contributed by atoms with E-state index >= 15 is 0 Å². The topological polar surface area (TPSA) is 20.3 Å². The molecule has 108 valence electrons. The average molecular weight is 305 g/mol. The Balaban J connectivity index is 1.62. The van der Waals surface area contributed by atoms with Gasteiger partial charge in [-0.15, -0.1) is 11.8 Å². The van der Waals surface area contributed by atoms with Crippen molar-refractivity contribution >= 4 is 17.7 Å². The molecular weight excluding hydrogens is 292 g/mol. The quantitative estimate of drug-likeness (QED) is 0.808. The van der Waals surface area contributed by atoms with Crippen LogP contribution in [0, 0.1) is 11.6 Å². The van der Waals surface area contributed by atoms with Crippen molar-refractivity contribution in [3.05, 3.63) is 65.2 Å². The molecule has 0 saturated carbocycles. The lowest BCUT2D eigenvalue weighted by Crippen LogP contribution is -2.26. The number of nitrogens with zero attached hydrogens (tertiary/aromatic N) is 1. The van der Waals surface area contributed by atoms with Crippen LogP contribution in [0.5, 0.6) is 0 Å². The van der Waals surface area contributed by atoms with Crippen molar-refractivity contribution in [1.82, 2.24) is 4.90 Å². The van der Waals surface area contributed by atoms with E-state index in [1.807, 2.05) is 24.3 Å². The molecule has 0 aromatic heterocycles. The minimum atomic E-state index is -0.501. The first-order chi connectivity index (χ1) is 10.1. The Hall–Kier alpha value is -1.88. The molecule has 2 aromatic rings. The molecule has 2 nitrogen and oxygen atoms in total. The molecule has 0 bridgehead atoms. The highest BCUT2D eigenvalue weighted by Gasteiger charge is 2.22. The zero-order valence-corrected chi connectivity index (χ0v) is 12.0. The Morgan fingerprint density at radius 1 is 1.10 bits per heavy atom. The lowest BCUT2D eigenvalue weighted by Gasteiger charge is -2.15. The minimum absolute atomic E-state index is 0.0696. The number of thioether (sulfide) groups is 1. The number of carbonyl (C=O) groups excluding carboxylic acids is 1. The normalized spacial score (nSPS) is 13.3. The highest BCUT2D eigenvalue weighted by Crippen LogP contribution is 2.26. The molecule has 0 aliphatic carbocycles. The zero-order chi connectivity index (χ0) is 14.8. The third-order valence-corrected chi connectivity index (χ3v) is 4.45. The number of hydrogen-bond donors (Lipinski definition) is 0. The maximum absolute atomic E-state index is 13.5. The predicted octanol–water partition coefficient (Wildman–Crippen LogP) is 3.60. The molecule has 0 saturated heterocycles. The summed E-state index contributed by atoms with van der Waals surface area (Å²) in [7, 11) is 0. The molecule has 0 unspecified atom stereocenters. The monoisotopic (exact) mass is 305 g/mol. The third kappa shape index (κ3) is 3.08. The second kappa shape index (κ2) is 5.85. The van der Waals surface area contributed by atoms with Gasteiger partial charge >= 0.3 is 0 Å². The molecule has 1 amide bonds. The maximum Gasteiger partial charge on any atom is 0.233 e. The van der Waals surface area contributed by atoms with Crippen LogP contribution >= 0.6 is 11.8 Å². The molecule has 1 aliphatic heterocycles. The number of carbonyl (C=O) groups is 1. The Labute approximate surface area is 125 Å². The van der Waals surface area contributed by atoms with E-state index in [0.29, 0.717) is 13.1 Å². The van der Waals surface area contributed by atoms with Gasteiger partial charge in [-0.2, -0.15) is 0 Å². The van der Waals surface area contributed by atoms with Gasteiger partial charge in [0.25, 0.3) is 0 Å². The molecule has 0 radical (unpaired) electrons. The highest BCUT2D eigenvalue weighted by molar-refractivity contribution is 8.00. The lowest BCUT2D eigenvalue weighted by atomic mass is 10.1. The summed E-state index contributed by atoms with van der Waals surface area (Å²) in [6.45, 7) is 1.17. The summed E-state index contributed by atoms with van der Waals surface area (Å²) in [5, 5.41) is 0. The molecule has 1 aliphatic rings. The molecule has 1 heterocycles. The van der Waals surface area contributed by atoms with Crippen LogP contribution in [0.1, 0.15) is 11.1 Å². The molecule has 0 fully saturated rings. The summed E-state index contributed by atoms with van der Waals surface area (Å²) in [5.41, 5.74) is 2.29. The van der Waals surface area contributed by atoms with E-state index in [0.717, 1.165) is 41.1 Å². The lowest BCUT2D eigenvalue weighted by molar-refractivity contribution is -0.128.